The molecule has 33 heavy (non-hydrogen) atoms. The van der Waals surface area contributed by atoms with Crippen molar-refractivity contribution in [1.82, 2.24) is 15.0 Å². The minimum absolute atomic E-state index is 0.497. The summed E-state index contributed by atoms with van der Waals surface area (Å²) in [4.78, 5) is 15.8. The Hall–Kier alpha value is -4.33. The third-order valence-corrected chi connectivity index (χ3v) is 6.44. The number of nitrogens with one attached hydrogen (secondary N) is 2. The summed E-state index contributed by atoms with van der Waals surface area (Å²) in [6.45, 7) is 2.07. The number of hydrogen-bond donors (Lipinski definition) is 2. The third-order valence-electron chi connectivity index (χ3n) is 5.48. The van der Waals surface area contributed by atoms with Gasteiger partial charge in [-0.05, 0) is 48.9 Å². The van der Waals surface area contributed by atoms with Gasteiger partial charge in [0.15, 0.2) is 0 Å². The fraction of sp³-hybridized carbons (Fsp3) is 0.115. The Morgan fingerprint density at radius 1 is 1.03 bits per heavy atom. The fourth-order valence-electron chi connectivity index (χ4n) is 3.68. The van der Waals surface area contributed by atoms with Gasteiger partial charge < -0.3 is 15.2 Å². The number of fused-ring (bicyclic) bond motifs is 2. The molecule has 5 aromatic rings. The van der Waals surface area contributed by atoms with Crippen LogP contribution in [0.1, 0.15) is 21.6 Å². The molecule has 0 fully saturated rings. The van der Waals surface area contributed by atoms with E-state index in [1.54, 1.807) is 12.4 Å². The number of H-pyrrole nitrogens is 1. The van der Waals surface area contributed by atoms with E-state index in [9.17, 15) is 5.26 Å². The van der Waals surface area contributed by atoms with Crippen LogP contribution in [0.15, 0.2) is 55.0 Å². The normalized spacial score (nSPS) is 10.6. The Labute approximate surface area is 195 Å². The maximum absolute atomic E-state index is 9.71. The van der Waals surface area contributed by atoms with Gasteiger partial charge in [0.1, 0.15) is 16.7 Å². The zero-order chi connectivity index (χ0) is 22.9. The van der Waals surface area contributed by atoms with Gasteiger partial charge in [-0.1, -0.05) is 11.8 Å². The highest BCUT2D eigenvalue weighted by atomic mass is 32.1. The summed E-state index contributed by atoms with van der Waals surface area (Å²) in [5.74, 6) is 7.28. The molecular formula is C26H20N6S. The van der Waals surface area contributed by atoms with Gasteiger partial charge in [-0.15, -0.1) is 11.3 Å². The van der Waals surface area contributed by atoms with Crippen molar-refractivity contribution in [2.45, 2.75) is 6.92 Å². The molecule has 2 N–H and O–H groups in total. The molecule has 7 heteroatoms. The smallest absolute Gasteiger partial charge is 0.128 e. The number of anilines is 3. The molecule has 160 valence electrons. The number of rotatable bonds is 3. The second kappa shape index (κ2) is 8.31. The van der Waals surface area contributed by atoms with Gasteiger partial charge in [0, 0.05) is 60.2 Å². The second-order valence-electron chi connectivity index (χ2n) is 7.84. The maximum Gasteiger partial charge on any atom is 0.128 e. The van der Waals surface area contributed by atoms with Crippen molar-refractivity contribution < 1.29 is 0 Å². The number of thiophene rings is 1. The number of aromatic amines is 1. The molecule has 0 amide bonds. The van der Waals surface area contributed by atoms with Crippen LogP contribution in [0.2, 0.25) is 0 Å². The van der Waals surface area contributed by atoms with Gasteiger partial charge in [0.05, 0.1) is 16.1 Å². The Morgan fingerprint density at radius 2 is 1.91 bits per heavy atom. The Kier molecular flexibility index (Phi) is 5.18. The van der Waals surface area contributed by atoms with E-state index in [0.29, 0.717) is 5.56 Å². The summed E-state index contributed by atoms with van der Waals surface area (Å²) in [7, 11) is 3.91. The molecule has 0 aliphatic rings. The number of aromatic nitrogens is 3. The molecule has 0 saturated heterocycles. The summed E-state index contributed by atoms with van der Waals surface area (Å²) < 4.78 is 0. The van der Waals surface area contributed by atoms with Crippen LogP contribution in [0.5, 0.6) is 0 Å². The number of aryl methyl sites for hydroxylation is 1. The molecule has 5 rings (SSSR count). The first-order valence-electron chi connectivity index (χ1n) is 10.4. The van der Waals surface area contributed by atoms with Crippen LogP contribution < -0.4 is 10.2 Å². The van der Waals surface area contributed by atoms with E-state index < -0.39 is 0 Å². The van der Waals surface area contributed by atoms with Gasteiger partial charge in [-0.2, -0.15) is 5.26 Å². The summed E-state index contributed by atoms with van der Waals surface area (Å²) >= 11 is 1.51. The molecule has 0 radical (unpaired) electrons. The van der Waals surface area contributed by atoms with Gasteiger partial charge in [0.2, 0.25) is 0 Å². The van der Waals surface area contributed by atoms with Crippen LogP contribution in [0.3, 0.4) is 0 Å². The highest BCUT2D eigenvalue weighted by Crippen LogP contribution is 2.35. The first kappa shape index (κ1) is 20.6. The predicted octanol–water partition coefficient (Wildman–Crippen LogP) is 5.56. The Balaban J connectivity index is 1.53. The summed E-state index contributed by atoms with van der Waals surface area (Å²) in [6, 6.07) is 14.3. The quantitative estimate of drug-likeness (QED) is 0.353. The standard InChI is InChI=1S/C26H20N6S/c1-16-20-10-11-28-23(20)8-7-22(16)31-25-18(13-27)15-30-26-21(25)12-19(33-26)6-4-17-5-9-24(29-14-17)32(2)3/h5,7-12,14-15,28H,1-3H3,(H,30,31). The summed E-state index contributed by atoms with van der Waals surface area (Å²) in [5, 5.41) is 15.2. The van der Waals surface area contributed by atoms with E-state index in [2.05, 4.69) is 51.2 Å². The third kappa shape index (κ3) is 3.87. The maximum atomic E-state index is 9.71. The minimum Gasteiger partial charge on any atom is -0.363 e. The van der Waals surface area contributed by atoms with Crippen molar-refractivity contribution in [3.63, 3.8) is 0 Å². The molecule has 6 nitrogen and oxygen atoms in total. The average Bonchev–Trinajstić information content (AvgIpc) is 3.47. The van der Waals surface area contributed by atoms with Crippen molar-refractivity contribution in [1.29, 1.82) is 5.26 Å². The van der Waals surface area contributed by atoms with Crippen LogP contribution >= 0.6 is 11.3 Å². The molecule has 0 saturated carbocycles. The number of nitrogens with zero attached hydrogens (tertiary/aromatic N) is 4. The van der Waals surface area contributed by atoms with Crippen molar-refractivity contribution in [3.8, 4) is 17.9 Å². The SMILES string of the molecule is Cc1c(Nc2c(C#N)cnc3sc(C#Cc4ccc(N(C)C)nc4)cc23)ccc2[nH]ccc12. The lowest BCUT2D eigenvalue weighted by molar-refractivity contribution is 1.07. The molecule has 4 heterocycles. The summed E-state index contributed by atoms with van der Waals surface area (Å²) in [5.41, 5.74) is 5.25. The van der Waals surface area contributed by atoms with E-state index in [4.69, 9.17) is 0 Å². The molecule has 4 aromatic heterocycles. The van der Waals surface area contributed by atoms with E-state index in [-0.39, 0.29) is 0 Å². The van der Waals surface area contributed by atoms with Gasteiger partial charge in [-0.3, -0.25) is 0 Å². The second-order valence-corrected chi connectivity index (χ2v) is 8.87. The lowest BCUT2D eigenvalue weighted by Gasteiger charge is -2.12. The monoisotopic (exact) mass is 448 g/mol. The minimum atomic E-state index is 0.497. The highest BCUT2D eigenvalue weighted by molar-refractivity contribution is 7.19. The molecule has 0 spiro atoms. The largest absolute Gasteiger partial charge is 0.363 e. The van der Waals surface area contributed by atoms with Crippen molar-refractivity contribution in [2.24, 2.45) is 0 Å². The molecule has 0 bridgehead atoms. The van der Waals surface area contributed by atoms with E-state index in [1.807, 2.05) is 55.5 Å². The van der Waals surface area contributed by atoms with E-state index in [0.717, 1.165) is 54.3 Å². The van der Waals surface area contributed by atoms with Gasteiger partial charge >= 0.3 is 0 Å². The first-order chi connectivity index (χ1) is 16.0. The van der Waals surface area contributed by atoms with E-state index in [1.165, 1.54) is 11.3 Å². The lowest BCUT2D eigenvalue weighted by Crippen LogP contribution is -2.10. The lowest BCUT2D eigenvalue weighted by atomic mass is 10.1. The first-order valence-corrected chi connectivity index (χ1v) is 11.2. The van der Waals surface area contributed by atoms with Crippen LogP contribution in [0.25, 0.3) is 21.1 Å². The Bertz CT molecular complexity index is 1590. The number of pyridine rings is 2. The number of nitriles is 1. The number of benzene rings is 1. The molecule has 0 aliphatic carbocycles. The van der Waals surface area contributed by atoms with Crippen molar-refractivity contribution in [3.05, 3.63) is 76.6 Å². The molecule has 1 aromatic carbocycles. The van der Waals surface area contributed by atoms with Gasteiger partial charge in [0.25, 0.3) is 0 Å². The molecular weight excluding hydrogens is 428 g/mol. The Morgan fingerprint density at radius 3 is 2.67 bits per heavy atom. The van der Waals surface area contributed by atoms with E-state index >= 15 is 0 Å². The molecule has 0 atom stereocenters. The van der Waals surface area contributed by atoms with Gasteiger partial charge in [-0.25, -0.2) is 9.97 Å². The highest BCUT2D eigenvalue weighted by Gasteiger charge is 2.14. The fourth-order valence-corrected chi connectivity index (χ4v) is 4.55. The van der Waals surface area contributed by atoms with Crippen LogP contribution in [-0.4, -0.2) is 29.0 Å². The van der Waals surface area contributed by atoms with Crippen molar-refractivity contribution in [2.75, 3.05) is 24.3 Å². The number of hydrogen-bond acceptors (Lipinski definition) is 6. The molecule has 0 aliphatic heterocycles. The summed E-state index contributed by atoms with van der Waals surface area (Å²) in [6.07, 6.45) is 5.32. The molecule has 0 unspecified atom stereocenters. The predicted molar refractivity (Wildman–Crippen MR) is 135 cm³/mol. The zero-order valence-corrected chi connectivity index (χ0v) is 19.2. The van der Waals surface area contributed by atoms with Crippen molar-refractivity contribution >= 4 is 49.6 Å². The average molecular weight is 449 g/mol. The zero-order valence-electron chi connectivity index (χ0n) is 18.4. The topological polar surface area (TPSA) is 80.6 Å². The van der Waals surface area contributed by atoms with Crippen LogP contribution in [-0.2, 0) is 0 Å². The van der Waals surface area contributed by atoms with Crippen LogP contribution in [0.4, 0.5) is 17.2 Å². The van der Waals surface area contributed by atoms with Crippen LogP contribution in [0, 0.1) is 30.1 Å².